The van der Waals surface area contributed by atoms with E-state index < -0.39 is 0 Å². The summed E-state index contributed by atoms with van der Waals surface area (Å²) < 4.78 is 0. The number of para-hydroxylation sites is 1. The maximum absolute atomic E-state index is 13.1. The zero-order valence-corrected chi connectivity index (χ0v) is 18.2. The molecule has 6 heteroatoms. The number of aryl methyl sites for hydroxylation is 1. The van der Waals surface area contributed by atoms with Crippen molar-refractivity contribution in [3.05, 3.63) is 107 Å². The van der Waals surface area contributed by atoms with Crippen LogP contribution in [0, 0.1) is 6.92 Å². The first-order valence-electron chi connectivity index (χ1n) is 10.3. The fraction of sp³-hybridized carbons (Fsp3) is 0.0769. The van der Waals surface area contributed by atoms with Gasteiger partial charge in [0.15, 0.2) is 0 Å². The topological polar surface area (TPSA) is 57.3 Å². The number of rotatable bonds is 5. The number of carbonyl (C=O) groups excluding carboxylic acids is 1. The van der Waals surface area contributed by atoms with Crippen LogP contribution >= 0.6 is 11.6 Å². The van der Waals surface area contributed by atoms with Gasteiger partial charge in [0.1, 0.15) is 0 Å². The van der Waals surface area contributed by atoms with Crippen LogP contribution in [0.3, 0.4) is 0 Å². The number of hydrogen-bond donors (Lipinski definition) is 2. The van der Waals surface area contributed by atoms with Crippen molar-refractivity contribution in [2.24, 2.45) is 0 Å². The summed E-state index contributed by atoms with van der Waals surface area (Å²) in [6.45, 7) is 2.43. The van der Waals surface area contributed by atoms with Crippen LogP contribution in [0.2, 0.25) is 5.02 Å². The molecule has 2 heterocycles. The highest BCUT2D eigenvalue weighted by molar-refractivity contribution is 6.33. The van der Waals surface area contributed by atoms with Crippen LogP contribution in [-0.4, -0.2) is 10.9 Å². The molecule has 0 bridgehead atoms. The molecule has 1 amide bonds. The zero-order valence-electron chi connectivity index (χ0n) is 17.5. The molecule has 158 valence electrons. The zero-order chi connectivity index (χ0) is 22.1. The standard InChI is InChI=1S/C26H21ClN4O/c1-17-12-25(24(27)15-28-17)30-21-10-11-23-18(13-21)16-31(26(23)32)22-9-5-8-20(14-22)29-19-6-3-2-4-7-19/h2-15,29H,16H2,1H3,(H,28,30). The van der Waals surface area contributed by atoms with E-state index >= 15 is 0 Å². The van der Waals surface area contributed by atoms with Gasteiger partial charge in [-0.2, -0.15) is 0 Å². The van der Waals surface area contributed by atoms with E-state index in [1.165, 1.54) is 0 Å². The van der Waals surface area contributed by atoms with Crippen molar-refractivity contribution >= 4 is 45.9 Å². The van der Waals surface area contributed by atoms with Crippen molar-refractivity contribution in [3.8, 4) is 0 Å². The lowest BCUT2D eigenvalue weighted by molar-refractivity contribution is 0.0996. The molecule has 0 spiro atoms. The third-order valence-corrected chi connectivity index (χ3v) is 5.70. The molecule has 0 fully saturated rings. The maximum Gasteiger partial charge on any atom is 0.258 e. The van der Waals surface area contributed by atoms with Gasteiger partial charge in [0.05, 0.1) is 17.3 Å². The Kier molecular flexibility index (Phi) is 5.25. The van der Waals surface area contributed by atoms with Crippen molar-refractivity contribution in [3.63, 3.8) is 0 Å². The number of anilines is 5. The number of hydrogen-bond acceptors (Lipinski definition) is 4. The minimum atomic E-state index is 0.00111. The van der Waals surface area contributed by atoms with Gasteiger partial charge >= 0.3 is 0 Å². The Labute approximate surface area is 191 Å². The van der Waals surface area contributed by atoms with Crippen LogP contribution in [0.5, 0.6) is 0 Å². The Morgan fingerprint density at radius 2 is 1.66 bits per heavy atom. The summed E-state index contributed by atoms with van der Waals surface area (Å²) in [5.74, 6) is 0.00111. The van der Waals surface area contributed by atoms with Gasteiger partial charge in [0.25, 0.3) is 5.91 Å². The Bertz CT molecular complexity index is 1310. The molecule has 5 rings (SSSR count). The fourth-order valence-corrected chi connectivity index (χ4v) is 3.99. The smallest absolute Gasteiger partial charge is 0.258 e. The van der Waals surface area contributed by atoms with Crippen molar-refractivity contribution in [1.29, 1.82) is 0 Å². The van der Waals surface area contributed by atoms with Crippen molar-refractivity contribution in [2.45, 2.75) is 13.5 Å². The van der Waals surface area contributed by atoms with Gasteiger partial charge in [-0.25, -0.2) is 0 Å². The normalized spacial score (nSPS) is 12.6. The van der Waals surface area contributed by atoms with Crippen molar-refractivity contribution < 1.29 is 4.79 Å². The summed E-state index contributed by atoms with van der Waals surface area (Å²) >= 11 is 6.27. The molecule has 0 saturated heterocycles. The maximum atomic E-state index is 13.1. The molecule has 5 nitrogen and oxygen atoms in total. The van der Waals surface area contributed by atoms with E-state index in [4.69, 9.17) is 11.6 Å². The van der Waals surface area contributed by atoms with E-state index in [-0.39, 0.29) is 5.91 Å². The first-order chi connectivity index (χ1) is 15.6. The van der Waals surface area contributed by atoms with Gasteiger partial charge in [0.2, 0.25) is 0 Å². The third kappa shape index (κ3) is 4.03. The lowest BCUT2D eigenvalue weighted by Crippen LogP contribution is -2.22. The van der Waals surface area contributed by atoms with Crippen LogP contribution in [-0.2, 0) is 6.54 Å². The number of fused-ring (bicyclic) bond motifs is 1. The largest absolute Gasteiger partial charge is 0.355 e. The molecule has 0 unspecified atom stereocenters. The monoisotopic (exact) mass is 440 g/mol. The highest BCUT2D eigenvalue weighted by atomic mass is 35.5. The number of aromatic nitrogens is 1. The molecular formula is C26H21ClN4O. The summed E-state index contributed by atoms with van der Waals surface area (Å²) in [4.78, 5) is 19.1. The third-order valence-electron chi connectivity index (χ3n) is 5.40. The van der Waals surface area contributed by atoms with Gasteiger partial charge in [-0.05, 0) is 67.1 Å². The van der Waals surface area contributed by atoms with Crippen LogP contribution in [0.4, 0.5) is 28.4 Å². The van der Waals surface area contributed by atoms with E-state index in [1.807, 2.05) is 85.8 Å². The summed E-state index contributed by atoms with van der Waals surface area (Å²) in [5.41, 5.74) is 7.03. The molecule has 0 radical (unpaired) electrons. The number of carbonyl (C=O) groups is 1. The molecule has 0 aliphatic carbocycles. The molecule has 4 aromatic rings. The fourth-order valence-electron chi connectivity index (χ4n) is 3.84. The predicted molar refractivity (Wildman–Crippen MR) is 130 cm³/mol. The quantitative estimate of drug-likeness (QED) is 0.363. The minimum absolute atomic E-state index is 0.00111. The molecule has 1 aromatic heterocycles. The average molecular weight is 441 g/mol. The van der Waals surface area contributed by atoms with Gasteiger partial charge in [-0.1, -0.05) is 35.9 Å². The Hall–Kier alpha value is -3.83. The number of amides is 1. The van der Waals surface area contributed by atoms with Crippen LogP contribution in [0.15, 0.2) is 85.1 Å². The number of benzene rings is 3. The SMILES string of the molecule is Cc1cc(Nc2ccc3c(c2)CN(c2cccc(Nc4ccccc4)c2)C3=O)c(Cl)cn1. The Morgan fingerprint density at radius 3 is 2.50 bits per heavy atom. The highest BCUT2D eigenvalue weighted by Gasteiger charge is 2.28. The predicted octanol–water partition coefficient (Wildman–Crippen LogP) is 6.69. The second kappa shape index (κ2) is 8.36. The van der Waals surface area contributed by atoms with E-state index in [0.717, 1.165) is 39.7 Å². The number of halogens is 1. The molecule has 32 heavy (non-hydrogen) atoms. The van der Waals surface area contributed by atoms with E-state index in [0.29, 0.717) is 17.1 Å². The van der Waals surface area contributed by atoms with Gasteiger partial charge in [0, 0.05) is 40.2 Å². The summed E-state index contributed by atoms with van der Waals surface area (Å²) in [6, 6.07) is 25.5. The Morgan fingerprint density at radius 1 is 0.875 bits per heavy atom. The second-order valence-corrected chi connectivity index (χ2v) is 8.14. The van der Waals surface area contributed by atoms with E-state index in [1.54, 1.807) is 11.1 Å². The minimum Gasteiger partial charge on any atom is -0.355 e. The first kappa shape index (κ1) is 20.1. The van der Waals surface area contributed by atoms with Crippen LogP contribution in [0.1, 0.15) is 21.6 Å². The van der Waals surface area contributed by atoms with E-state index in [2.05, 4.69) is 15.6 Å². The molecule has 0 atom stereocenters. The van der Waals surface area contributed by atoms with Gasteiger partial charge in [-0.15, -0.1) is 0 Å². The van der Waals surface area contributed by atoms with Crippen LogP contribution in [0.25, 0.3) is 0 Å². The summed E-state index contributed by atoms with van der Waals surface area (Å²) in [5, 5.41) is 7.27. The van der Waals surface area contributed by atoms with Crippen molar-refractivity contribution in [1.82, 2.24) is 4.98 Å². The van der Waals surface area contributed by atoms with Crippen molar-refractivity contribution in [2.75, 3.05) is 15.5 Å². The number of nitrogens with one attached hydrogen (secondary N) is 2. The highest BCUT2D eigenvalue weighted by Crippen LogP contribution is 2.33. The van der Waals surface area contributed by atoms with Gasteiger partial charge < -0.3 is 15.5 Å². The second-order valence-electron chi connectivity index (χ2n) is 7.74. The molecule has 3 aromatic carbocycles. The molecule has 2 N–H and O–H groups in total. The number of nitrogens with zero attached hydrogens (tertiary/aromatic N) is 2. The molecular weight excluding hydrogens is 420 g/mol. The van der Waals surface area contributed by atoms with Gasteiger partial charge in [-0.3, -0.25) is 9.78 Å². The number of pyridine rings is 1. The lowest BCUT2D eigenvalue weighted by Gasteiger charge is -2.17. The molecule has 0 saturated carbocycles. The molecule has 1 aliphatic rings. The van der Waals surface area contributed by atoms with Crippen LogP contribution < -0.4 is 15.5 Å². The van der Waals surface area contributed by atoms with E-state index in [9.17, 15) is 4.79 Å². The lowest BCUT2D eigenvalue weighted by atomic mass is 10.1. The summed E-state index contributed by atoms with van der Waals surface area (Å²) in [7, 11) is 0. The Balaban J connectivity index is 1.37. The first-order valence-corrected chi connectivity index (χ1v) is 10.7. The summed E-state index contributed by atoms with van der Waals surface area (Å²) in [6.07, 6.45) is 1.63. The average Bonchev–Trinajstić information content (AvgIpc) is 3.13. The molecule has 1 aliphatic heterocycles.